The summed E-state index contributed by atoms with van der Waals surface area (Å²) in [4.78, 5) is 29.0. The first-order chi connectivity index (χ1) is 12.6. The van der Waals surface area contributed by atoms with Crippen molar-refractivity contribution in [2.24, 2.45) is 4.99 Å². The number of benzene rings is 1. The third-order valence-corrected chi connectivity index (χ3v) is 5.01. The number of hydrogen-bond acceptors (Lipinski definition) is 4. The maximum absolute atomic E-state index is 13.7. The Kier molecular flexibility index (Phi) is 5.95. The fourth-order valence-corrected chi connectivity index (χ4v) is 3.53. The first-order valence-corrected chi connectivity index (χ1v) is 9.33. The second kappa shape index (κ2) is 8.37. The predicted molar refractivity (Wildman–Crippen MR) is 95.3 cm³/mol. The lowest BCUT2D eigenvalue weighted by Gasteiger charge is -2.16. The minimum Gasteiger partial charge on any atom is -0.376 e. The van der Waals surface area contributed by atoms with Gasteiger partial charge in [-0.1, -0.05) is 12.1 Å². The summed E-state index contributed by atoms with van der Waals surface area (Å²) >= 11 is 1.22. The standard InChI is InChI=1S/C18H20FN3O3S/c1-12(16(23)20-11-13-5-4-9-25-13)22-8-10-26-18(22)21-17(24)14-6-2-3-7-15(14)19/h2-3,6-8,10,12-13H,4-5,9,11H2,1H3,(H,20,23)/t12-,13-/m1/s1. The van der Waals surface area contributed by atoms with Gasteiger partial charge in [0.05, 0.1) is 11.7 Å². The minimum atomic E-state index is -0.675. The molecule has 1 aromatic carbocycles. The molecule has 1 aliphatic heterocycles. The molecule has 0 aliphatic carbocycles. The Morgan fingerprint density at radius 2 is 2.27 bits per heavy atom. The van der Waals surface area contributed by atoms with Crippen LogP contribution in [0, 0.1) is 5.82 Å². The molecule has 2 aromatic rings. The maximum atomic E-state index is 13.7. The highest BCUT2D eigenvalue weighted by molar-refractivity contribution is 7.07. The van der Waals surface area contributed by atoms with E-state index in [-0.39, 0.29) is 17.6 Å². The van der Waals surface area contributed by atoms with Gasteiger partial charge < -0.3 is 14.6 Å². The number of halogens is 1. The molecule has 8 heteroatoms. The van der Waals surface area contributed by atoms with Crippen molar-refractivity contribution in [1.82, 2.24) is 9.88 Å². The Labute approximate surface area is 154 Å². The molecule has 138 valence electrons. The van der Waals surface area contributed by atoms with E-state index >= 15 is 0 Å². The first-order valence-electron chi connectivity index (χ1n) is 8.45. The molecule has 0 saturated carbocycles. The zero-order valence-electron chi connectivity index (χ0n) is 14.4. The number of nitrogens with zero attached hydrogens (tertiary/aromatic N) is 2. The third kappa shape index (κ3) is 4.25. The van der Waals surface area contributed by atoms with Crippen LogP contribution in [0.4, 0.5) is 4.39 Å². The lowest BCUT2D eigenvalue weighted by molar-refractivity contribution is -0.124. The lowest BCUT2D eigenvalue weighted by Crippen LogP contribution is -2.38. The van der Waals surface area contributed by atoms with Crippen LogP contribution in [0.15, 0.2) is 40.8 Å². The maximum Gasteiger partial charge on any atom is 0.282 e. The van der Waals surface area contributed by atoms with Gasteiger partial charge in [-0.3, -0.25) is 9.59 Å². The van der Waals surface area contributed by atoms with Gasteiger partial charge >= 0.3 is 0 Å². The average molecular weight is 377 g/mol. The van der Waals surface area contributed by atoms with Crippen molar-refractivity contribution in [3.8, 4) is 0 Å². The van der Waals surface area contributed by atoms with Crippen molar-refractivity contribution in [1.29, 1.82) is 0 Å². The zero-order valence-corrected chi connectivity index (χ0v) is 15.2. The number of carbonyl (C=O) groups is 2. The zero-order chi connectivity index (χ0) is 18.5. The molecule has 0 bridgehead atoms. The van der Waals surface area contributed by atoms with Gasteiger partial charge in [0.15, 0.2) is 4.80 Å². The number of amides is 2. The van der Waals surface area contributed by atoms with Gasteiger partial charge in [-0.05, 0) is 31.9 Å². The second-order valence-corrected chi connectivity index (χ2v) is 6.92. The van der Waals surface area contributed by atoms with Crippen molar-refractivity contribution in [2.45, 2.75) is 31.9 Å². The highest BCUT2D eigenvalue weighted by atomic mass is 32.1. The molecule has 1 fully saturated rings. The molecule has 6 nitrogen and oxygen atoms in total. The largest absolute Gasteiger partial charge is 0.376 e. The van der Waals surface area contributed by atoms with Crippen molar-refractivity contribution in [3.05, 3.63) is 52.0 Å². The Morgan fingerprint density at radius 1 is 1.46 bits per heavy atom. The molecule has 0 unspecified atom stereocenters. The van der Waals surface area contributed by atoms with Gasteiger partial charge in [0, 0.05) is 24.7 Å². The van der Waals surface area contributed by atoms with E-state index in [0.29, 0.717) is 11.3 Å². The summed E-state index contributed by atoms with van der Waals surface area (Å²) in [6.45, 7) is 2.93. The van der Waals surface area contributed by atoms with E-state index in [1.807, 2.05) is 0 Å². The molecular weight excluding hydrogens is 357 g/mol. The van der Waals surface area contributed by atoms with E-state index in [2.05, 4.69) is 10.3 Å². The summed E-state index contributed by atoms with van der Waals surface area (Å²) in [5, 5.41) is 4.60. The Morgan fingerprint density at radius 3 is 3.00 bits per heavy atom. The Hall–Kier alpha value is -2.32. The summed E-state index contributed by atoms with van der Waals surface area (Å²) in [6, 6.07) is 5.14. The second-order valence-electron chi connectivity index (χ2n) is 6.05. The summed E-state index contributed by atoms with van der Waals surface area (Å²) < 4.78 is 20.8. The number of aromatic nitrogens is 1. The molecule has 2 amide bonds. The van der Waals surface area contributed by atoms with E-state index < -0.39 is 17.8 Å². The molecule has 26 heavy (non-hydrogen) atoms. The summed E-state index contributed by atoms with van der Waals surface area (Å²) in [5.41, 5.74) is -0.0945. The van der Waals surface area contributed by atoms with E-state index in [1.165, 1.54) is 29.5 Å². The molecule has 2 heterocycles. The Balaban J connectivity index is 1.73. The number of thiazole rings is 1. The van der Waals surface area contributed by atoms with Crippen LogP contribution in [0.5, 0.6) is 0 Å². The van der Waals surface area contributed by atoms with Crippen LogP contribution in [0.25, 0.3) is 0 Å². The molecule has 0 spiro atoms. The molecule has 1 aromatic heterocycles. The van der Waals surface area contributed by atoms with E-state index in [1.54, 1.807) is 29.1 Å². The average Bonchev–Trinajstić information content (AvgIpc) is 3.31. The van der Waals surface area contributed by atoms with Crippen LogP contribution in [0.1, 0.15) is 36.2 Å². The van der Waals surface area contributed by atoms with Crippen molar-refractivity contribution in [3.63, 3.8) is 0 Å². The normalized spacial score (nSPS) is 18.7. The summed E-state index contributed by atoms with van der Waals surface area (Å²) in [6.07, 6.45) is 3.70. The van der Waals surface area contributed by atoms with E-state index in [9.17, 15) is 14.0 Å². The van der Waals surface area contributed by atoms with Gasteiger partial charge in [-0.25, -0.2) is 4.39 Å². The van der Waals surface area contributed by atoms with E-state index in [0.717, 1.165) is 19.4 Å². The van der Waals surface area contributed by atoms with Gasteiger partial charge in [0.25, 0.3) is 5.91 Å². The van der Waals surface area contributed by atoms with Gasteiger partial charge in [-0.15, -0.1) is 11.3 Å². The smallest absolute Gasteiger partial charge is 0.282 e. The van der Waals surface area contributed by atoms with E-state index in [4.69, 9.17) is 4.74 Å². The molecule has 1 saturated heterocycles. The first kappa shape index (κ1) is 18.5. The van der Waals surface area contributed by atoms with Gasteiger partial charge in [0.2, 0.25) is 5.91 Å². The minimum absolute atomic E-state index is 0.0606. The molecule has 0 radical (unpaired) electrons. The number of nitrogens with one attached hydrogen (secondary N) is 1. The monoisotopic (exact) mass is 377 g/mol. The number of carbonyl (C=O) groups excluding carboxylic acids is 2. The predicted octanol–water partition coefficient (Wildman–Crippen LogP) is 2.29. The third-order valence-electron chi connectivity index (χ3n) is 4.24. The van der Waals surface area contributed by atoms with Crippen LogP contribution in [0.3, 0.4) is 0 Å². The van der Waals surface area contributed by atoms with Crippen LogP contribution < -0.4 is 10.1 Å². The SMILES string of the molecule is C[C@H](C(=O)NC[C@H]1CCCO1)n1ccsc1=NC(=O)c1ccccc1F. The number of rotatable bonds is 5. The van der Waals surface area contributed by atoms with Gasteiger partial charge in [-0.2, -0.15) is 4.99 Å². The molecule has 1 N–H and O–H groups in total. The van der Waals surface area contributed by atoms with Crippen LogP contribution in [-0.2, 0) is 9.53 Å². The van der Waals surface area contributed by atoms with Crippen LogP contribution >= 0.6 is 11.3 Å². The summed E-state index contributed by atoms with van der Waals surface area (Å²) in [5.74, 6) is -1.48. The Bertz CT molecular complexity index is 855. The molecule has 2 atom stereocenters. The number of ether oxygens (including phenoxy) is 1. The molecule has 3 rings (SSSR count). The van der Waals surface area contributed by atoms with Crippen molar-refractivity contribution >= 4 is 23.2 Å². The van der Waals surface area contributed by atoms with Crippen molar-refractivity contribution in [2.75, 3.05) is 13.2 Å². The highest BCUT2D eigenvalue weighted by Gasteiger charge is 2.20. The molecule has 1 aliphatic rings. The fourth-order valence-electron chi connectivity index (χ4n) is 2.74. The van der Waals surface area contributed by atoms with Gasteiger partial charge in [0.1, 0.15) is 11.9 Å². The molecular formula is C18H20FN3O3S. The van der Waals surface area contributed by atoms with Crippen molar-refractivity contribution < 1.29 is 18.7 Å². The summed E-state index contributed by atoms with van der Waals surface area (Å²) in [7, 11) is 0. The topological polar surface area (TPSA) is 72.7 Å². The lowest BCUT2D eigenvalue weighted by atomic mass is 10.2. The quantitative estimate of drug-likeness (QED) is 0.869. The highest BCUT2D eigenvalue weighted by Crippen LogP contribution is 2.12. The van der Waals surface area contributed by atoms with Crippen LogP contribution in [-0.4, -0.2) is 35.6 Å². The number of hydrogen-bond donors (Lipinski definition) is 1. The fraction of sp³-hybridized carbons (Fsp3) is 0.389. The van der Waals surface area contributed by atoms with Crippen LogP contribution in [0.2, 0.25) is 0 Å².